The Hall–Kier alpha value is -0.930. The maximum absolute atomic E-state index is 9.27. The summed E-state index contributed by atoms with van der Waals surface area (Å²) in [7, 11) is 1.82. The molecule has 0 fully saturated rings. The minimum atomic E-state index is -0.494. The average Bonchev–Trinajstić information content (AvgIpc) is 2.17. The Bertz CT molecular complexity index is 276. The summed E-state index contributed by atoms with van der Waals surface area (Å²) in [4.78, 5) is 4.84. The highest BCUT2D eigenvalue weighted by Gasteiger charge is 2.16. The van der Waals surface area contributed by atoms with Crippen molar-refractivity contribution in [3.8, 4) is 0 Å². The summed E-state index contributed by atoms with van der Waals surface area (Å²) in [6.07, 6.45) is 6.66. The van der Waals surface area contributed by atoms with Crippen LogP contribution in [0.3, 0.4) is 0 Å². The lowest BCUT2D eigenvalue weighted by molar-refractivity contribution is -0.00243. The number of hydrogen-bond acceptors (Lipinski definition) is 2. The summed E-state index contributed by atoms with van der Waals surface area (Å²) in [5.74, 6) is 0. The summed E-state index contributed by atoms with van der Waals surface area (Å²) >= 11 is 0. The van der Waals surface area contributed by atoms with Crippen molar-refractivity contribution in [3.05, 3.63) is 29.8 Å². The standard InChI is InChI=1S/C9H13N3O.ClH/c1-7(13)12(2)9-5-3-8(11-10)4-6-9;/h3-7,9,13H,1-2H3;1H/p-1. The summed E-state index contributed by atoms with van der Waals surface area (Å²) in [6.45, 7) is 1.71. The second kappa shape index (κ2) is 5.73. The third-order valence-electron chi connectivity index (χ3n) is 2.10. The van der Waals surface area contributed by atoms with Gasteiger partial charge in [-0.3, -0.25) is 4.90 Å². The van der Waals surface area contributed by atoms with Gasteiger partial charge in [0.05, 0.1) is 0 Å². The smallest absolute Gasteiger partial charge is 0.314 e. The van der Waals surface area contributed by atoms with E-state index in [9.17, 15) is 5.11 Å². The largest absolute Gasteiger partial charge is 1.00 e. The van der Waals surface area contributed by atoms with E-state index in [0.29, 0.717) is 5.71 Å². The lowest BCUT2D eigenvalue weighted by atomic mass is 10.1. The molecule has 5 heteroatoms. The lowest BCUT2D eigenvalue weighted by Crippen LogP contribution is -3.00. The van der Waals surface area contributed by atoms with Gasteiger partial charge in [0.15, 0.2) is 0 Å². The van der Waals surface area contributed by atoms with Gasteiger partial charge in [-0.1, -0.05) is 12.2 Å². The van der Waals surface area contributed by atoms with Crippen LogP contribution >= 0.6 is 0 Å². The summed E-state index contributed by atoms with van der Waals surface area (Å²) in [5, 5.41) is 9.27. The number of likely N-dealkylation sites (N-methyl/N-ethyl adjacent to an activating group) is 1. The van der Waals surface area contributed by atoms with Gasteiger partial charge in [0.25, 0.3) is 0 Å². The molecule has 1 aliphatic rings. The molecule has 0 spiro atoms. The van der Waals surface area contributed by atoms with E-state index < -0.39 is 6.23 Å². The minimum absolute atomic E-state index is 0. The molecule has 1 N–H and O–H groups in total. The molecule has 14 heavy (non-hydrogen) atoms. The Morgan fingerprint density at radius 3 is 2.36 bits per heavy atom. The molecular weight excluding hydrogens is 202 g/mol. The van der Waals surface area contributed by atoms with Gasteiger partial charge in [-0.05, 0) is 14.0 Å². The molecular formula is C9H13ClN3O-. The van der Waals surface area contributed by atoms with Crippen LogP contribution in [0.2, 0.25) is 0 Å². The maximum Gasteiger partial charge on any atom is 0.314 e. The van der Waals surface area contributed by atoms with Crippen LogP contribution in [0.4, 0.5) is 0 Å². The van der Waals surface area contributed by atoms with Crippen LogP contribution in [0.1, 0.15) is 6.92 Å². The number of halogens is 1. The zero-order valence-electron chi connectivity index (χ0n) is 8.13. The predicted molar refractivity (Wildman–Crippen MR) is 50.1 cm³/mol. The van der Waals surface area contributed by atoms with Crippen molar-refractivity contribution >= 4 is 5.71 Å². The lowest BCUT2D eigenvalue weighted by Gasteiger charge is -2.26. The van der Waals surface area contributed by atoms with Crippen LogP contribution in [0, 0.1) is 0 Å². The van der Waals surface area contributed by atoms with E-state index in [1.165, 1.54) is 0 Å². The summed E-state index contributed by atoms with van der Waals surface area (Å²) in [6, 6.07) is 0.0606. The first-order valence-electron chi connectivity index (χ1n) is 4.13. The van der Waals surface area contributed by atoms with E-state index in [-0.39, 0.29) is 18.4 Å². The molecule has 0 aliphatic heterocycles. The molecule has 0 aromatic heterocycles. The van der Waals surface area contributed by atoms with Gasteiger partial charge in [0.1, 0.15) is 6.23 Å². The van der Waals surface area contributed by atoms with Crippen molar-refractivity contribution in [1.29, 1.82) is 0 Å². The molecule has 1 unspecified atom stereocenters. The second-order valence-electron chi connectivity index (χ2n) is 3.03. The number of rotatable bonds is 2. The number of hydrogen-bond donors (Lipinski definition) is 1. The van der Waals surface area contributed by atoms with Gasteiger partial charge in [0.2, 0.25) is 0 Å². The van der Waals surface area contributed by atoms with E-state index in [1.54, 1.807) is 24.0 Å². The van der Waals surface area contributed by atoms with E-state index in [1.807, 2.05) is 19.2 Å². The monoisotopic (exact) mass is 214 g/mol. The highest BCUT2D eigenvalue weighted by atomic mass is 35.5. The van der Waals surface area contributed by atoms with E-state index in [4.69, 9.17) is 5.53 Å². The van der Waals surface area contributed by atoms with Gasteiger partial charge in [-0.2, -0.15) is 4.79 Å². The zero-order chi connectivity index (χ0) is 9.84. The predicted octanol–water partition coefficient (Wildman–Crippen LogP) is -2.57. The molecule has 4 nitrogen and oxygen atoms in total. The van der Waals surface area contributed by atoms with Gasteiger partial charge in [-0.15, -0.1) is 0 Å². The Kier molecular flexibility index (Phi) is 5.35. The van der Waals surface area contributed by atoms with Crippen LogP contribution in [0.15, 0.2) is 24.3 Å². The average molecular weight is 215 g/mol. The summed E-state index contributed by atoms with van der Waals surface area (Å²) in [5.41, 5.74) is 8.97. The fourth-order valence-corrected chi connectivity index (χ4v) is 1.10. The van der Waals surface area contributed by atoms with Crippen LogP contribution in [0.5, 0.6) is 0 Å². The van der Waals surface area contributed by atoms with Crippen molar-refractivity contribution in [2.24, 2.45) is 0 Å². The first kappa shape index (κ1) is 13.1. The molecule has 0 saturated heterocycles. The van der Waals surface area contributed by atoms with Crippen molar-refractivity contribution in [2.45, 2.75) is 19.2 Å². The second-order valence-corrected chi connectivity index (χ2v) is 3.03. The van der Waals surface area contributed by atoms with E-state index >= 15 is 0 Å². The molecule has 78 valence electrons. The zero-order valence-corrected chi connectivity index (χ0v) is 8.89. The third-order valence-corrected chi connectivity index (χ3v) is 2.10. The van der Waals surface area contributed by atoms with Gasteiger partial charge >= 0.3 is 5.71 Å². The van der Waals surface area contributed by atoms with Crippen LogP contribution in [-0.4, -0.2) is 39.8 Å². The molecule has 0 bridgehead atoms. The van der Waals surface area contributed by atoms with E-state index in [0.717, 1.165) is 0 Å². The normalized spacial score (nSPS) is 21.7. The van der Waals surface area contributed by atoms with Crippen molar-refractivity contribution in [3.63, 3.8) is 0 Å². The van der Waals surface area contributed by atoms with Gasteiger partial charge in [0, 0.05) is 18.2 Å². The van der Waals surface area contributed by atoms with E-state index in [2.05, 4.69) is 4.79 Å². The number of aliphatic hydroxyl groups is 1. The molecule has 1 aliphatic carbocycles. The van der Waals surface area contributed by atoms with Crippen LogP contribution in [-0.2, 0) is 0 Å². The quantitative estimate of drug-likeness (QED) is 0.312. The highest BCUT2D eigenvalue weighted by molar-refractivity contribution is 6.00. The van der Waals surface area contributed by atoms with Gasteiger partial charge in [-0.25, -0.2) is 0 Å². The first-order chi connectivity index (χ1) is 6.15. The minimum Gasteiger partial charge on any atom is -1.00 e. The number of aliphatic hydroxyl groups excluding tert-OH is 1. The Labute approximate surface area is 89.6 Å². The molecule has 0 aromatic rings. The van der Waals surface area contributed by atoms with Crippen molar-refractivity contribution in [2.75, 3.05) is 7.05 Å². The molecule has 0 saturated carbocycles. The molecule has 0 amide bonds. The topological polar surface area (TPSA) is 59.9 Å². The summed E-state index contributed by atoms with van der Waals surface area (Å²) < 4.78 is 0. The Morgan fingerprint density at radius 1 is 1.50 bits per heavy atom. The van der Waals surface area contributed by atoms with Crippen molar-refractivity contribution in [1.82, 2.24) is 4.90 Å². The first-order valence-corrected chi connectivity index (χ1v) is 4.13. The molecule has 1 rings (SSSR count). The fraction of sp³-hybridized carbons (Fsp3) is 0.444. The van der Waals surface area contributed by atoms with Crippen LogP contribution in [0.25, 0.3) is 5.53 Å². The SMILES string of the molecule is CC(O)N(C)C1C=CC(=[N+]=[N-])C=C1.[Cl-]. The molecule has 0 aromatic carbocycles. The highest BCUT2D eigenvalue weighted by Crippen LogP contribution is 2.07. The Morgan fingerprint density at radius 2 is 2.00 bits per heavy atom. The number of allylic oxidation sites excluding steroid dienone is 2. The van der Waals surface area contributed by atoms with Gasteiger partial charge < -0.3 is 23.0 Å². The maximum atomic E-state index is 9.27. The third kappa shape index (κ3) is 3.09. The number of nitrogens with zero attached hydrogens (tertiary/aromatic N) is 3. The van der Waals surface area contributed by atoms with Crippen molar-refractivity contribution < 1.29 is 22.3 Å². The molecule has 0 heterocycles. The Balaban J connectivity index is 0.00000169. The molecule has 0 radical (unpaired) electrons. The van der Waals surface area contributed by atoms with Crippen LogP contribution < -0.4 is 12.4 Å². The fourth-order valence-electron chi connectivity index (χ4n) is 1.10. The molecule has 1 atom stereocenters.